The summed E-state index contributed by atoms with van der Waals surface area (Å²) in [6.45, 7) is 5.35. The molecule has 0 fully saturated rings. The third kappa shape index (κ3) is 4.65. The minimum absolute atomic E-state index is 0.585. The molecule has 140 valence electrons. The van der Waals surface area contributed by atoms with Crippen LogP contribution in [0.3, 0.4) is 0 Å². The number of rotatable bonds is 6. The van der Waals surface area contributed by atoms with E-state index < -0.39 is 0 Å². The summed E-state index contributed by atoms with van der Waals surface area (Å²) in [7, 11) is 7.15. The summed E-state index contributed by atoms with van der Waals surface area (Å²) in [4.78, 5) is 11.0. The van der Waals surface area contributed by atoms with E-state index in [1.165, 1.54) is 5.56 Å². The molecule has 0 radical (unpaired) electrons. The zero-order valence-corrected chi connectivity index (χ0v) is 16.5. The fourth-order valence-electron chi connectivity index (χ4n) is 2.88. The molecule has 0 atom stereocenters. The lowest BCUT2D eigenvalue weighted by molar-refractivity contribution is 0.406. The number of pyridine rings is 1. The van der Waals surface area contributed by atoms with Crippen LogP contribution in [0.15, 0.2) is 35.5 Å². The fourth-order valence-corrected chi connectivity index (χ4v) is 2.88. The van der Waals surface area contributed by atoms with E-state index in [1.807, 2.05) is 39.2 Å². The molecule has 1 heterocycles. The Balaban J connectivity index is 2.02. The number of methoxy groups -OCH3 is 2. The molecule has 0 spiro atoms. The van der Waals surface area contributed by atoms with Crippen molar-refractivity contribution >= 4 is 5.96 Å². The fraction of sp³-hybridized carbons (Fsp3) is 0.400. The number of hydrogen-bond donors (Lipinski definition) is 1. The van der Waals surface area contributed by atoms with Gasteiger partial charge in [0.2, 0.25) is 0 Å². The molecule has 6 nitrogen and oxygen atoms in total. The quantitative estimate of drug-likeness (QED) is 0.637. The lowest BCUT2D eigenvalue weighted by Gasteiger charge is -2.22. The molecule has 1 aromatic heterocycles. The van der Waals surface area contributed by atoms with Gasteiger partial charge in [-0.15, -0.1) is 0 Å². The molecule has 0 unspecified atom stereocenters. The van der Waals surface area contributed by atoms with Crippen LogP contribution in [0.1, 0.15) is 22.4 Å². The highest BCUT2D eigenvalue weighted by atomic mass is 16.5. The molecule has 1 N–H and O–H groups in total. The van der Waals surface area contributed by atoms with E-state index in [4.69, 9.17) is 9.47 Å². The largest absolute Gasteiger partial charge is 0.497 e. The highest BCUT2D eigenvalue weighted by Crippen LogP contribution is 2.23. The number of nitrogens with one attached hydrogen (secondary N) is 1. The van der Waals surface area contributed by atoms with Crippen LogP contribution in [0.2, 0.25) is 0 Å². The van der Waals surface area contributed by atoms with E-state index in [-0.39, 0.29) is 0 Å². The van der Waals surface area contributed by atoms with Crippen LogP contribution >= 0.6 is 0 Å². The normalized spacial score (nSPS) is 11.2. The Morgan fingerprint density at radius 1 is 1.15 bits per heavy atom. The molecule has 0 aliphatic carbocycles. The van der Waals surface area contributed by atoms with Gasteiger partial charge in [0.25, 0.3) is 0 Å². The molecule has 6 heteroatoms. The smallest absolute Gasteiger partial charge is 0.194 e. The minimum atomic E-state index is 0.585. The number of aromatic nitrogens is 1. The summed E-state index contributed by atoms with van der Waals surface area (Å²) in [5.41, 5.74) is 4.22. The van der Waals surface area contributed by atoms with Gasteiger partial charge in [0.1, 0.15) is 11.5 Å². The Kier molecular flexibility index (Phi) is 6.83. The Labute approximate surface area is 155 Å². The van der Waals surface area contributed by atoms with Gasteiger partial charge in [-0.1, -0.05) is 12.1 Å². The molecule has 0 aliphatic rings. The highest BCUT2D eigenvalue weighted by Gasteiger charge is 2.12. The van der Waals surface area contributed by atoms with Gasteiger partial charge in [-0.25, -0.2) is 0 Å². The summed E-state index contributed by atoms with van der Waals surface area (Å²) < 4.78 is 10.7. The molecule has 1 aromatic carbocycles. The van der Waals surface area contributed by atoms with Crippen molar-refractivity contribution in [1.29, 1.82) is 0 Å². The van der Waals surface area contributed by atoms with Gasteiger partial charge in [-0.3, -0.25) is 9.98 Å². The van der Waals surface area contributed by atoms with E-state index in [2.05, 4.69) is 32.3 Å². The molecule has 0 bridgehead atoms. The maximum Gasteiger partial charge on any atom is 0.194 e. The van der Waals surface area contributed by atoms with E-state index in [0.717, 1.165) is 40.8 Å². The summed E-state index contributed by atoms with van der Waals surface area (Å²) in [5.74, 6) is 2.55. The van der Waals surface area contributed by atoms with Crippen LogP contribution in [-0.4, -0.2) is 44.2 Å². The van der Waals surface area contributed by atoms with Crippen LogP contribution in [0, 0.1) is 13.8 Å². The minimum Gasteiger partial charge on any atom is -0.497 e. The number of nitrogens with zero attached hydrogens (tertiary/aromatic N) is 3. The average molecular weight is 356 g/mol. The zero-order valence-electron chi connectivity index (χ0n) is 16.5. The van der Waals surface area contributed by atoms with E-state index in [9.17, 15) is 0 Å². The van der Waals surface area contributed by atoms with Crippen molar-refractivity contribution in [3.05, 3.63) is 52.8 Å². The number of guanidine groups is 1. The van der Waals surface area contributed by atoms with Gasteiger partial charge in [0, 0.05) is 38.0 Å². The van der Waals surface area contributed by atoms with Crippen LogP contribution in [0.5, 0.6) is 11.5 Å². The number of hydrogen-bond acceptors (Lipinski definition) is 4. The lowest BCUT2D eigenvalue weighted by atomic mass is 10.1. The summed E-state index contributed by atoms with van der Waals surface area (Å²) in [5, 5.41) is 3.37. The number of ether oxygens (including phenoxy) is 2. The molecule has 2 aromatic rings. The third-order valence-corrected chi connectivity index (χ3v) is 4.32. The first-order valence-electron chi connectivity index (χ1n) is 8.54. The first kappa shape index (κ1) is 19.6. The molecular weight excluding hydrogens is 328 g/mol. The van der Waals surface area contributed by atoms with Crippen molar-refractivity contribution in [2.75, 3.05) is 28.3 Å². The van der Waals surface area contributed by atoms with Gasteiger partial charge in [0.05, 0.1) is 26.5 Å². The zero-order chi connectivity index (χ0) is 19.1. The highest BCUT2D eigenvalue weighted by molar-refractivity contribution is 5.79. The molecule has 0 amide bonds. The molecule has 0 saturated heterocycles. The van der Waals surface area contributed by atoms with E-state index in [0.29, 0.717) is 6.54 Å². The maximum atomic E-state index is 5.48. The molecule has 0 aliphatic heterocycles. The monoisotopic (exact) mass is 356 g/mol. The Hall–Kier alpha value is -2.76. The van der Waals surface area contributed by atoms with Crippen LogP contribution in [0.4, 0.5) is 0 Å². The van der Waals surface area contributed by atoms with Crippen molar-refractivity contribution in [1.82, 2.24) is 15.2 Å². The average Bonchev–Trinajstić information content (AvgIpc) is 2.65. The Morgan fingerprint density at radius 2 is 1.85 bits per heavy atom. The van der Waals surface area contributed by atoms with Crippen LogP contribution in [0.25, 0.3) is 0 Å². The second-order valence-corrected chi connectivity index (χ2v) is 6.15. The number of benzene rings is 1. The summed E-state index contributed by atoms with van der Waals surface area (Å²) >= 11 is 0. The molecule has 0 saturated carbocycles. The van der Waals surface area contributed by atoms with Gasteiger partial charge in [0.15, 0.2) is 5.96 Å². The first-order chi connectivity index (χ1) is 12.5. The van der Waals surface area contributed by atoms with Gasteiger partial charge in [-0.2, -0.15) is 0 Å². The SMILES string of the molecule is CN=C(NCc1ncc(C)c(OC)c1C)N(C)Cc1ccc(OC)cc1. The molecular formula is C20H28N4O2. The van der Waals surface area contributed by atoms with Crippen molar-refractivity contribution in [2.24, 2.45) is 4.99 Å². The predicted octanol–water partition coefficient (Wildman–Crippen LogP) is 2.92. The van der Waals surface area contributed by atoms with E-state index >= 15 is 0 Å². The molecule has 2 rings (SSSR count). The Bertz CT molecular complexity index is 757. The second kappa shape index (κ2) is 9.08. The summed E-state index contributed by atoms with van der Waals surface area (Å²) in [6, 6.07) is 8.04. The summed E-state index contributed by atoms with van der Waals surface area (Å²) in [6.07, 6.45) is 1.84. The van der Waals surface area contributed by atoms with Crippen molar-refractivity contribution in [3.63, 3.8) is 0 Å². The predicted molar refractivity (Wildman–Crippen MR) is 105 cm³/mol. The molecule has 26 heavy (non-hydrogen) atoms. The van der Waals surface area contributed by atoms with Gasteiger partial charge >= 0.3 is 0 Å². The Morgan fingerprint density at radius 3 is 2.42 bits per heavy atom. The van der Waals surface area contributed by atoms with Crippen molar-refractivity contribution in [3.8, 4) is 11.5 Å². The standard InChI is InChI=1S/C20H28N4O2/c1-14-11-22-18(15(2)19(14)26-6)12-23-20(21-3)24(4)13-16-7-9-17(25-5)10-8-16/h7-11H,12-13H2,1-6H3,(H,21,23). The first-order valence-corrected chi connectivity index (χ1v) is 8.54. The van der Waals surface area contributed by atoms with E-state index in [1.54, 1.807) is 21.3 Å². The number of aryl methyl sites for hydroxylation is 1. The number of aliphatic imine (C=N–C) groups is 1. The van der Waals surface area contributed by atoms with Crippen LogP contribution < -0.4 is 14.8 Å². The third-order valence-electron chi connectivity index (χ3n) is 4.32. The second-order valence-electron chi connectivity index (χ2n) is 6.15. The van der Waals surface area contributed by atoms with Crippen LogP contribution in [-0.2, 0) is 13.1 Å². The van der Waals surface area contributed by atoms with Gasteiger partial charge in [-0.05, 0) is 31.5 Å². The van der Waals surface area contributed by atoms with Gasteiger partial charge < -0.3 is 19.7 Å². The van der Waals surface area contributed by atoms with Crippen molar-refractivity contribution in [2.45, 2.75) is 26.9 Å². The topological polar surface area (TPSA) is 59.0 Å². The maximum absolute atomic E-state index is 5.48. The lowest BCUT2D eigenvalue weighted by Crippen LogP contribution is -2.38. The van der Waals surface area contributed by atoms with Crippen molar-refractivity contribution < 1.29 is 9.47 Å².